The number of carboxylic acids is 1. The zero-order valence-electron chi connectivity index (χ0n) is 14.1. The molecule has 0 unspecified atom stereocenters. The lowest BCUT2D eigenvalue weighted by Crippen LogP contribution is -2.12. The van der Waals surface area contributed by atoms with E-state index in [0.29, 0.717) is 12.0 Å². The number of allylic oxidation sites excluding steroid dienone is 1. The molecule has 0 aliphatic carbocycles. The Hall–Kier alpha value is -2.95. The molecule has 128 valence electrons. The zero-order valence-corrected chi connectivity index (χ0v) is 14.1. The average molecular weight is 336 g/mol. The van der Waals surface area contributed by atoms with Crippen molar-refractivity contribution in [3.8, 4) is 0 Å². The number of aliphatic carboxylic acids is 1. The number of rotatable bonds is 5. The predicted octanol–water partition coefficient (Wildman–Crippen LogP) is 4.03. The molecule has 2 N–H and O–H groups in total. The Morgan fingerprint density at radius 3 is 2.84 bits per heavy atom. The Bertz CT molecular complexity index is 856. The van der Waals surface area contributed by atoms with Crippen LogP contribution in [0.15, 0.2) is 42.7 Å². The van der Waals surface area contributed by atoms with E-state index in [1.54, 1.807) is 18.5 Å². The summed E-state index contributed by atoms with van der Waals surface area (Å²) in [5, 5.41) is 11.8. The van der Waals surface area contributed by atoms with Crippen LogP contribution in [0.2, 0.25) is 0 Å². The summed E-state index contributed by atoms with van der Waals surface area (Å²) < 4.78 is 0. The van der Waals surface area contributed by atoms with Gasteiger partial charge in [-0.2, -0.15) is 0 Å². The number of carboxylic acid groups (broad SMARTS) is 1. The normalized spacial score (nSPS) is 14.4. The van der Waals surface area contributed by atoms with E-state index < -0.39 is 5.97 Å². The number of nitrogens with one attached hydrogen (secondary N) is 1. The number of amides is 1. The highest BCUT2D eigenvalue weighted by Crippen LogP contribution is 2.36. The SMILES string of the molecule is Cc1cccc2c1NC(=O)c1ccncc1C2=CCCCCC(=O)O. The first-order valence-electron chi connectivity index (χ1n) is 8.35. The van der Waals surface area contributed by atoms with Crippen molar-refractivity contribution in [2.75, 3.05) is 5.32 Å². The molecule has 3 rings (SSSR count). The molecule has 0 saturated carbocycles. The van der Waals surface area contributed by atoms with Crippen LogP contribution >= 0.6 is 0 Å². The van der Waals surface area contributed by atoms with E-state index in [0.717, 1.165) is 40.8 Å². The molecule has 5 heteroatoms. The number of pyridine rings is 1. The molecule has 0 radical (unpaired) electrons. The minimum atomic E-state index is -0.771. The standard InChI is InChI=1S/C20H20N2O3/c1-13-6-5-8-15-14(7-3-2-4-9-18(23)24)17-12-21-11-10-16(17)20(25)22-19(13)15/h5-8,10-12H,2-4,9H2,1H3,(H,22,25)(H,23,24). The highest BCUT2D eigenvalue weighted by molar-refractivity contribution is 6.13. The van der Waals surface area contributed by atoms with Crippen molar-refractivity contribution in [1.29, 1.82) is 0 Å². The van der Waals surface area contributed by atoms with Gasteiger partial charge in [0.15, 0.2) is 0 Å². The van der Waals surface area contributed by atoms with Crippen LogP contribution < -0.4 is 5.32 Å². The summed E-state index contributed by atoms with van der Waals surface area (Å²) in [5.74, 6) is -0.908. The van der Waals surface area contributed by atoms with Crippen LogP contribution in [0.1, 0.15) is 52.7 Å². The zero-order chi connectivity index (χ0) is 17.8. The second-order valence-corrected chi connectivity index (χ2v) is 6.13. The van der Waals surface area contributed by atoms with Crippen LogP contribution in [0.25, 0.3) is 5.57 Å². The summed E-state index contributed by atoms with van der Waals surface area (Å²) in [6.45, 7) is 1.97. The van der Waals surface area contributed by atoms with Gasteiger partial charge in [-0.05, 0) is 43.4 Å². The van der Waals surface area contributed by atoms with Crippen LogP contribution in [0.5, 0.6) is 0 Å². The second-order valence-electron chi connectivity index (χ2n) is 6.13. The molecule has 0 spiro atoms. The minimum absolute atomic E-state index is 0.137. The molecule has 0 bridgehead atoms. The Morgan fingerprint density at radius 1 is 1.20 bits per heavy atom. The molecule has 1 aliphatic rings. The van der Waals surface area contributed by atoms with Gasteiger partial charge in [0.25, 0.3) is 5.91 Å². The van der Waals surface area contributed by atoms with Crippen molar-refractivity contribution in [2.24, 2.45) is 0 Å². The first-order chi connectivity index (χ1) is 12.1. The van der Waals surface area contributed by atoms with Gasteiger partial charge < -0.3 is 10.4 Å². The third kappa shape index (κ3) is 3.60. The molecule has 25 heavy (non-hydrogen) atoms. The second kappa shape index (κ2) is 7.30. The van der Waals surface area contributed by atoms with Gasteiger partial charge in [-0.15, -0.1) is 0 Å². The number of benzene rings is 1. The van der Waals surface area contributed by atoms with Crippen LogP contribution in [-0.4, -0.2) is 22.0 Å². The lowest BCUT2D eigenvalue weighted by atomic mass is 9.93. The molecule has 0 saturated heterocycles. The number of aromatic nitrogens is 1. The van der Waals surface area contributed by atoms with E-state index in [9.17, 15) is 9.59 Å². The summed E-state index contributed by atoms with van der Waals surface area (Å²) in [6, 6.07) is 7.66. The lowest BCUT2D eigenvalue weighted by Gasteiger charge is -2.12. The summed E-state index contributed by atoms with van der Waals surface area (Å²) in [5.41, 5.74) is 5.17. The fourth-order valence-corrected chi connectivity index (χ4v) is 3.08. The van der Waals surface area contributed by atoms with E-state index >= 15 is 0 Å². The van der Waals surface area contributed by atoms with Crippen LogP contribution in [0.4, 0.5) is 5.69 Å². The molecule has 2 aromatic rings. The third-order valence-electron chi connectivity index (χ3n) is 4.35. The smallest absolute Gasteiger partial charge is 0.303 e. The maximum absolute atomic E-state index is 12.6. The fourth-order valence-electron chi connectivity index (χ4n) is 3.08. The number of carbonyl (C=O) groups is 2. The number of para-hydroxylation sites is 1. The van der Waals surface area contributed by atoms with E-state index in [2.05, 4.69) is 16.4 Å². The molecule has 0 fully saturated rings. The molecular weight excluding hydrogens is 316 g/mol. The highest BCUT2D eigenvalue weighted by atomic mass is 16.4. The largest absolute Gasteiger partial charge is 0.481 e. The van der Waals surface area contributed by atoms with E-state index in [1.165, 1.54) is 0 Å². The maximum atomic E-state index is 12.6. The Labute approximate surface area is 146 Å². The van der Waals surface area contributed by atoms with Crippen LogP contribution in [0.3, 0.4) is 0 Å². The molecule has 1 amide bonds. The van der Waals surface area contributed by atoms with Crippen molar-refractivity contribution in [3.05, 3.63) is 65.0 Å². The summed E-state index contributed by atoms with van der Waals surface area (Å²) in [4.78, 5) is 27.4. The van der Waals surface area contributed by atoms with E-state index in [1.807, 2.05) is 25.1 Å². The van der Waals surface area contributed by atoms with Gasteiger partial charge in [0.05, 0.1) is 11.3 Å². The molecule has 1 aromatic carbocycles. The number of fused-ring (bicyclic) bond motifs is 2. The van der Waals surface area contributed by atoms with Crippen molar-refractivity contribution >= 4 is 23.1 Å². The number of hydrogen-bond donors (Lipinski definition) is 2. The van der Waals surface area contributed by atoms with Crippen molar-refractivity contribution in [1.82, 2.24) is 4.98 Å². The number of unbranched alkanes of at least 4 members (excludes halogenated alkanes) is 2. The molecule has 1 aromatic heterocycles. The first-order valence-corrected chi connectivity index (χ1v) is 8.35. The van der Waals surface area contributed by atoms with E-state index in [4.69, 9.17) is 5.11 Å². The van der Waals surface area contributed by atoms with E-state index in [-0.39, 0.29) is 12.3 Å². The number of carbonyl (C=O) groups excluding carboxylic acids is 1. The number of anilines is 1. The van der Waals surface area contributed by atoms with Crippen LogP contribution in [0, 0.1) is 6.92 Å². The van der Waals surface area contributed by atoms with Crippen molar-refractivity contribution < 1.29 is 14.7 Å². The van der Waals surface area contributed by atoms with Gasteiger partial charge in [0.2, 0.25) is 0 Å². The molecule has 5 nitrogen and oxygen atoms in total. The predicted molar refractivity (Wildman–Crippen MR) is 96.6 cm³/mol. The third-order valence-corrected chi connectivity index (χ3v) is 4.35. The number of nitrogens with zero attached hydrogens (tertiary/aromatic N) is 1. The summed E-state index contributed by atoms with van der Waals surface area (Å²) in [6.07, 6.45) is 7.77. The topological polar surface area (TPSA) is 79.3 Å². The minimum Gasteiger partial charge on any atom is -0.481 e. The molecular formula is C20H20N2O3. The van der Waals surface area contributed by atoms with Gasteiger partial charge in [-0.25, -0.2) is 0 Å². The number of hydrogen-bond acceptors (Lipinski definition) is 3. The summed E-state index contributed by atoms with van der Waals surface area (Å²) >= 11 is 0. The maximum Gasteiger partial charge on any atom is 0.303 e. The molecule has 1 aliphatic heterocycles. The quantitative estimate of drug-likeness (QED) is 0.808. The van der Waals surface area contributed by atoms with Gasteiger partial charge in [-0.3, -0.25) is 14.6 Å². The number of aryl methyl sites for hydroxylation is 1. The van der Waals surface area contributed by atoms with Gasteiger partial charge in [-0.1, -0.05) is 24.3 Å². The molecule has 0 atom stereocenters. The summed E-state index contributed by atoms with van der Waals surface area (Å²) in [7, 11) is 0. The average Bonchev–Trinajstić information content (AvgIpc) is 2.71. The van der Waals surface area contributed by atoms with Crippen LogP contribution in [-0.2, 0) is 4.79 Å². The first kappa shape index (κ1) is 16.9. The van der Waals surface area contributed by atoms with Gasteiger partial charge in [0, 0.05) is 29.9 Å². The monoisotopic (exact) mass is 336 g/mol. The van der Waals surface area contributed by atoms with Gasteiger partial charge >= 0.3 is 5.97 Å². The Morgan fingerprint density at radius 2 is 2.04 bits per heavy atom. The lowest BCUT2D eigenvalue weighted by molar-refractivity contribution is -0.137. The van der Waals surface area contributed by atoms with Crippen molar-refractivity contribution in [2.45, 2.75) is 32.6 Å². The Kier molecular flexibility index (Phi) is 4.93. The molecule has 2 heterocycles. The fraction of sp³-hybridized carbons (Fsp3) is 0.250. The Balaban J connectivity index is 2.00. The highest BCUT2D eigenvalue weighted by Gasteiger charge is 2.23. The van der Waals surface area contributed by atoms with Gasteiger partial charge in [0.1, 0.15) is 0 Å². The van der Waals surface area contributed by atoms with Crippen molar-refractivity contribution in [3.63, 3.8) is 0 Å².